The Morgan fingerprint density at radius 1 is 1.39 bits per heavy atom. The maximum absolute atomic E-state index is 13.0. The Morgan fingerprint density at radius 3 is 2.70 bits per heavy atom. The quantitative estimate of drug-likeness (QED) is 0.837. The Morgan fingerprint density at radius 2 is 2.09 bits per heavy atom. The van der Waals surface area contributed by atoms with E-state index in [1.165, 1.54) is 0 Å². The molecule has 1 aliphatic rings. The van der Waals surface area contributed by atoms with Crippen LogP contribution in [0.5, 0.6) is 0 Å². The molecule has 1 saturated heterocycles. The molecule has 2 rings (SSSR count). The fourth-order valence-corrected chi connectivity index (χ4v) is 3.22. The molecular formula is C18H26ClNO3. The van der Waals surface area contributed by atoms with Gasteiger partial charge in [-0.25, -0.2) is 0 Å². The van der Waals surface area contributed by atoms with Crippen LogP contribution in [0.25, 0.3) is 0 Å². The molecule has 1 aromatic carbocycles. The normalized spacial score (nSPS) is 17.7. The summed E-state index contributed by atoms with van der Waals surface area (Å²) >= 11 is 6.13. The molecular weight excluding hydrogens is 314 g/mol. The Balaban J connectivity index is 2.19. The first-order valence-electron chi connectivity index (χ1n) is 8.13. The number of benzene rings is 1. The third-order valence-corrected chi connectivity index (χ3v) is 4.91. The van der Waals surface area contributed by atoms with Gasteiger partial charge in [0.25, 0.3) is 0 Å². The van der Waals surface area contributed by atoms with Crippen molar-refractivity contribution in [3.63, 3.8) is 0 Å². The first-order valence-corrected chi connectivity index (χ1v) is 8.50. The summed E-state index contributed by atoms with van der Waals surface area (Å²) in [6.07, 6.45) is 1.96. The van der Waals surface area contributed by atoms with Gasteiger partial charge in [0.15, 0.2) is 0 Å². The molecule has 1 aromatic rings. The van der Waals surface area contributed by atoms with E-state index >= 15 is 0 Å². The number of amides is 1. The molecule has 0 atom stereocenters. The summed E-state index contributed by atoms with van der Waals surface area (Å²) in [7, 11) is 0. The van der Waals surface area contributed by atoms with Crippen LogP contribution in [0.3, 0.4) is 0 Å². The molecule has 0 spiro atoms. The zero-order valence-electron chi connectivity index (χ0n) is 13.9. The van der Waals surface area contributed by atoms with Crippen molar-refractivity contribution in [1.82, 2.24) is 5.32 Å². The second-order valence-corrected chi connectivity index (χ2v) is 7.46. The number of carbonyl (C=O) groups is 1. The number of hydrogen-bond acceptors (Lipinski definition) is 3. The third kappa shape index (κ3) is 4.46. The SMILES string of the molecule is CC(C)(CCO)CNC(=O)C1(c2cccc(Cl)c2)CCOCC1. The van der Waals surface area contributed by atoms with E-state index in [9.17, 15) is 4.79 Å². The van der Waals surface area contributed by atoms with Crippen molar-refractivity contribution < 1.29 is 14.6 Å². The fraction of sp³-hybridized carbons (Fsp3) is 0.611. The number of hydrogen-bond donors (Lipinski definition) is 2. The molecule has 2 N–H and O–H groups in total. The standard InChI is InChI=1S/C18H26ClNO3/c1-17(2,6-9-21)13-20-16(22)18(7-10-23-11-8-18)14-4-3-5-15(19)12-14/h3-5,12,21H,6-11,13H2,1-2H3,(H,20,22). The van der Waals surface area contributed by atoms with E-state index in [1.54, 1.807) is 0 Å². The van der Waals surface area contributed by atoms with Crippen molar-refractivity contribution in [3.05, 3.63) is 34.9 Å². The fourth-order valence-electron chi connectivity index (χ4n) is 3.03. The number of nitrogens with one attached hydrogen (secondary N) is 1. The van der Waals surface area contributed by atoms with Crippen LogP contribution in [0.1, 0.15) is 38.7 Å². The van der Waals surface area contributed by atoms with E-state index < -0.39 is 5.41 Å². The lowest BCUT2D eigenvalue weighted by atomic mass is 9.73. The Kier molecular flexibility index (Phi) is 6.06. The van der Waals surface area contributed by atoms with Crippen molar-refractivity contribution in [3.8, 4) is 0 Å². The summed E-state index contributed by atoms with van der Waals surface area (Å²) in [4.78, 5) is 13.0. The summed E-state index contributed by atoms with van der Waals surface area (Å²) in [5.74, 6) is 0.0223. The van der Waals surface area contributed by atoms with Gasteiger partial charge < -0.3 is 15.2 Å². The van der Waals surface area contributed by atoms with Crippen LogP contribution in [-0.2, 0) is 14.9 Å². The van der Waals surface area contributed by atoms with Crippen molar-refractivity contribution in [1.29, 1.82) is 0 Å². The van der Waals surface area contributed by atoms with Gasteiger partial charge in [-0.1, -0.05) is 37.6 Å². The molecule has 5 heteroatoms. The van der Waals surface area contributed by atoms with Gasteiger partial charge in [-0.2, -0.15) is 0 Å². The average Bonchev–Trinajstić information content (AvgIpc) is 2.53. The number of ether oxygens (including phenoxy) is 1. The lowest BCUT2D eigenvalue weighted by molar-refractivity contribution is -0.131. The van der Waals surface area contributed by atoms with Crippen molar-refractivity contribution in [2.75, 3.05) is 26.4 Å². The number of aliphatic hydroxyl groups is 1. The van der Waals surface area contributed by atoms with Crippen LogP contribution in [0, 0.1) is 5.41 Å². The molecule has 0 aromatic heterocycles. The largest absolute Gasteiger partial charge is 0.396 e. The molecule has 1 aliphatic heterocycles. The summed E-state index contributed by atoms with van der Waals surface area (Å²) < 4.78 is 5.46. The minimum absolute atomic E-state index is 0.0223. The molecule has 23 heavy (non-hydrogen) atoms. The summed E-state index contributed by atoms with van der Waals surface area (Å²) in [5.41, 5.74) is 0.231. The minimum atomic E-state index is -0.585. The monoisotopic (exact) mass is 339 g/mol. The zero-order valence-corrected chi connectivity index (χ0v) is 14.7. The van der Waals surface area contributed by atoms with E-state index in [2.05, 4.69) is 5.32 Å². The van der Waals surface area contributed by atoms with Gasteiger partial charge in [-0.05, 0) is 42.4 Å². The third-order valence-electron chi connectivity index (χ3n) is 4.67. The highest BCUT2D eigenvalue weighted by Crippen LogP contribution is 2.36. The molecule has 0 unspecified atom stereocenters. The second-order valence-electron chi connectivity index (χ2n) is 7.03. The Bertz CT molecular complexity index is 539. The highest BCUT2D eigenvalue weighted by atomic mass is 35.5. The average molecular weight is 340 g/mol. The second kappa shape index (κ2) is 7.65. The molecule has 4 nitrogen and oxygen atoms in total. The number of carbonyl (C=O) groups excluding carboxylic acids is 1. The summed E-state index contributed by atoms with van der Waals surface area (Å²) in [6.45, 7) is 5.88. The van der Waals surface area contributed by atoms with Gasteiger partial charge in [0.2, 0.25) is 5.91 Å². The van der Waals surface area contributed by atoms with Gasteiger partial charge in [0.1, 0.15) is 0 Å². The van der Waals surface area contributed by atoms with Gasteiger partial charge in [0.05, 0.1) is 5.41 Å². The first kappa shape index (κ1) is 18.2. The van der Waals surface area contributed by atoms with Crippen LogP contribution in [-0.4, -0.2) is 37.4 Å². The molecule has 0 saturated carbocycles. The van der Waals surface area contributed by atoms with Crippen molar-refractivity contribution >= 4 is 17.5 Å². The Hall–Kier alpha value is -1.10. The molecule has 128 valence electrons. The van der Waals surface area contributed by atoms with Crippen molar-refractivity contribution in [2.24, 2.45) is 5.41 Å². The van der Waals surface area contributed by atoms with E-state index in [4.69, 9.17) is 21.4 Å². The van der Waals surface area contributed by atoms with Gasteiger partial charge in [-0.15, -0.1) is 0 Å². The van der Waals surface area contributed by atoms with E-state index in [0.29, 0.717) is 44.0 Å². The molecule has 0 aliphatic carbocycles. The molecule has 0 bridgehead atoms. The maximum atomic E-state index is 13.0. The smallest absolute Gasteiger partial charge is 0.230 e. The lowest BCUT2D eigenvalue weighted by Gasteiger charge is -2.37. The van der Waals surface area contributed by atoms with E-state index in [1.807, 2.05) is 38.1 Å². The van der Waals surface area contributed by atoms with Gasteiger partial charge in [0, 0.05) is 31.4 Å². The van der Waals surface area contributed by atoms with Gasteiger partial charge in [-0.3, -0.25) is 4.79 Å². The number of halogens is 1. The maximum Gasteiger partial charge on any atom is 0.230 e. The highest BCUT2D eigenvalue weighted by molar-refractivity contribution is 6.30. The van der Waals surface area contributed by atoms with Crippen LogP contribution in [0.2, 0.25) is 5.02 Å². The predicted octanol–water partition coefficient (Wildman–Crippen LogP) is 2.91. The van der Waals surface area contributed by atoms with Crippen LogP contribution >= 0.6 is 11.6 Å². The highest BCUT2D eigenvalue weighted by Gasteiger charge is 2.42. The molecule has 1 fully saturated rings. The molecule has 1 heterocycles. The molecule has 0 radical (unpaired) electrons. The summed E-state index contributed by atoms with van der Waals surface area (Å²) in [5, 5.41) is 12.9. The minimum Gasteiger partial charge on any atom is -0.396 e. The zero-order chi connectivity index (χ0) is 16.9. The van der Waals surface area contributed by atoms with Gasteiger partial charge >= 0.3 is 0 Å². The predicted molar refractivity (Wildman–Crippen MR) is 91.7 cm³/mol. The van der Waals surface area contributed by atoms with Crippen LogP contribution in [0.15, 0.2) is 24.3 Å². The lowest BCUT2D eigenvalue weighted by Crippen LogP contribution is -2.50. The first-order chi connectivity index (χ1) is 10.9. The van der Waals surface area contributed by atoms with Crippen LogP contribution < -0.4 is 5.32 Å². The van der Waals surface area contributed by atoms with Crippen LogP contribution in [0.4, 0.5) is 0 Å². The Labute approximate surface area is 143 Å². The number of aliphatic hydroxyl groups excluding tert-OH is 1. The van der Waals surface area contributed by atoms with E-state index in [-0.39, 0.29) is 17.9 Å². The topological polar surface area (TPSA) is 58.6 Å². The number of rotatable bonds is 6. The van der Waals surface area contributed by atoms with E-state index in [0.717, 1.165) is 5.56 Å². The molecule has 1 amide bonds. The van der Waals surface area contributed by atoms with Crippen molar-refractivity contribution in [2.45, 2.75) is 38.5 Å². The summed E-state index contributed by atoms with van der Waals surface area (Å²) in [6, 6.07) is 7.55.